The summed E-state index contributed by atoms with van der Waals surface area (Å²) in [6, 6.07) is -8.76. The van der Waals surface area contributed by atoms with Gasteiger partial charge in [-0.05, 0) is 65.7 Å². The molecule has 0 saturated carbocycles. The van der Waals surface area contributed by atoms with Crippen LogP contribution in [0.25, 0.3) is 0 Å². The molecule has 0 aromatic heterocycles. The average Bonchev–Trinajstić information content (AvgIpc) is 3.10. The molecule has 19 nitrogen and oxygen atoms in total. The zero-order chi connectivity index (χ0) is 44.2. The van der Waals surface area contributed by atoms with Gasteiger partial charge >= 0.3 is 0 Å². The minimum Gasteiger partial charge on any atom is -0.391 e. The van der Waals surface area contributed by atoms with E-state index in [0.29, 0.717) is 25.5 Å². The Hall–Kier alpha value is -4.65. The molecule has 0 saturated heterocycles. The van der Waals surface area contributed by atoms with Gasteiger partial charge in [0.05, 0.1) is 39.8 Å². The highest BCUT2D eigenvalue weighted by atomic mass is 16.3. The SMILES string of the molecule is CCC[C@H](NC(=O)[C@@H](NC(=O)[C@H](C)NC(C)=O)[C@@H](C)O)C(=O)N[C@H](C(=O)N[C@@H](C)C(=O)N[C@@H](CC)C(=O)N[C@@H](CCCC[N+](C)(C)C)C(=O)N[C@@H](C)C=O)C(C)C. The first-order chi connectivity index (χ1) is 26.4. The van der Waals surface area contributed by atoms with Gasteiger partial charge in [-0.25, -0.2) is 0 Å². The van der Waals surface area contributed by atoms with Crippen molar-refractivity contribution >= 4 is 53.5 Å². The molecule has 9 atom stereocenters. The lowest BCUT2D eigenvalue weighted by Crippen LogP contribution is -2.61. The van der Waals surface area contributed by atoms with Gasteiger partial charge in [-0.2, -0.15) is 0 Å². The van der Waals surface area contributed by atoms with Crippen LogP contribution in [0.1, 0.15) is 101 Å². The number of quaternary nitrogens is 1. The van der Waals surface area contributed by atoms with Gasteiger partial charge in [0.25, 0.3) is 0 Å². The first-order valence-electron chi connectivity index (χ1n) is 19.7. The normalized spacial score (nSPS) is 16.1. The second kappa shape index (κ2) is 25.6. The van der Waals surface area contributed by atoms with Crippen LogP contribution in [-0.2, 0) is 43.2 Å². The molecular weight excluding hydrogens is 742 g/mol. The van der Waals surface area contributed by atoms with Crippen LogP contribution >= 0.6 is 0 Å². The van der Waals surface area contributed by atoms with Crippen molar-refractivity contribution in [2.45, 2.75) is 155 Å². The highest BCUT2D eigenvalue weighted by Crippen LogP contribution is 2.09. The van der Waals surface area contributed by atoms with Gasteiger partial charge in [0.15, 0.2) is 0 Å². The Bertz CT molecular complexity index is 1380. The van der Waals surface area contributed by atoms with Crippen molar-refractivity contribution in [3.05, 3.63) is 0 Å². The Morgan fingerprint density at radius 3 is 1.51 bits per heavy atom. The fraction of sp³-hybridized carbons (Fsp3) is 0.763. The van der Waals surface area contributed by atoms with E-state index >= 15 is 0 Å². The van der Waals surface area contributed by atoms with Crippen LogP contribution in [0.15, 0.2) is 0 Å². The molecule has 0 spiro atoms. The Morgan fingerprint density at radius 1 is 0.561 bits per heavy atom. The molecule has 0 fully saturated rings. The highest BCUT2D eigenvalue weighted by Gasteiger charge is 2.34. The van der Waals surface area contributed by atoms with Crippen molar-refractivity contribution in [2.75, 3.05) is 27.7 Å². The number of hydrogen-bond donors (Lipinski definition) is 9. The summed E-state index contributed by atoms with van der Waals surface area (Å²) >= 11 is 0. The highest BCUT2D eigenvalue weighted by molar-refractivity contribution is 5.97. The zero-order valence-electron chi connectivity index (χ0n) is 35.9. The fourth-order valence-corrected chi connectivity index (χ4v) is 5.51. The molecule has 0 heterocycles. The second-order valence-electron chi connectivity index (χ2n) is 15.9. The smallest absolute Gasteiger partial charge is 0.245 e. The lowest BCUT2D eigenvalue weighted by Gasteiger charge is -2.28. The summed E-state index contributed by atoms with van der Waals surface area (Å²) < 4.78 is 0.725. The van der Waals surface area contributed by atoms with Gasteiger partial charge < -0.3 is 56.9 Å². The summed E-state index contributed by atoms with van der Waals surface area (Å²) in [6.45, 7) is 14.4. The average molecular weight is 813 g/mol. The molecule has 0 aromatic rings. The predicted molar refractivity (Wildman–Crippen MR) is 213 cm³/mol. The summed E-state index contributed by atoms with van der Waals surface area (Å²) in [6.07, 6.45) is 1.65. The summed E-state index contributed by atoms with van der Waals surface area (Å²) in [5, 5.41) is 30.6. The van der Waals surface area contributed by atoms with Crippen molar-refractivity contribution in [2.24, 2.45) is 5.92 Å². The lowest BCUT2D eigenvalue weighted by atomic mass is 10.0. The summed E-state index contributed by atoms with van der Waals surface area (Å²) in [5.41, 5.74) is 0. The summed E-state index contributed by atoms with van der Waals surface area (Å²) in [5.74, 6) is -5.84. The molecule has 0 aliphatic carbocycles. The second-order valence-corrected chi connectivity index (χ2v) is 15.9. The van der Waals surface area contributed by atoms with E-state index in [1.165, 1.54) is 34.6 Å². The Balaban J connectivity index is 5.74. The van der Waals surface area contributed by atoms with Gasteiger partial charge in [0.2, 0.25) is 47.3 Å². The van der Waals surface area contributed by atoms with Crippen LogP contribution in [0.4, 0.5) is 0 Å². The quantitative estimate of drug-likeness (QED) is 0.0271. The maximum absolute atomic E-state index is 13.5. The van der Waals surface area contributed by atoms with Crippen LogP contribution in [0.5, 0.6) is 0 Å². The van der Waals surface area contributed by atoms with Crippen molar-refractivity contribution in [1.82, 2.24) is 42.5 Å². The van der Waals surface area contributed by atoms with Crippen molar-refractivity contribution in [3.8, 4) is 0 Å². The lowest BCUT2D eigenvalue weighted by molar-refractivity contribution is -0.870. The maximum atomic E-state index is 13.5. The molecule has 0 bridgehead atoms. The number of aldehydes is 1. The first-order valence-corrected chi connectivity index (χ1v) is 19.7. The number of carbonyl (C=O) groups excluding carboxylic acids is 9. The molecule has 19 heteroatoms. The molecule has 8 amide bonds. The third-order valence-electron chi connectivity index (χ3n) is 8.90. The van der Waals surface area contributed by atoms with Gasteiger partial charge in [0, 0.05) is 6.92 Å². The van der Waals surface area contributed by atoms with Gasteiger partial charge in [0.1, 0.15) is 48.6 Å². The van der Waals surface area contributed by atoms with Crippen molar-refractivity contribution in [3.63, 3.8) is 0 Å². The van der Waals surface area contributed by atoms with E-state index in [4.69, 9.17) is 0 Å². The zero-order valence-corrected chi connectivity index (χ0v) is 35.9. The topological polar surface area (TPSA) is 270 Å². The molecular formula is C38H70N9O10+. The van der Waals surface area contributed by atoms with E-state index in [1.807, 2.05) is 21.1 Å². The van der Waals surface area contributed by atoms with E-state index in [-0.39, 0.29) is 12.8 Å². The van der Waals surface area contributed by atoms with Gasteiger partial charge in [-0.15, -0.1) is 0 Å². The van der Waals surface area contributed by atoms with Gasteiger partial charge in [-0.1, -0.05) is 34.1 Å². The third-order valence-corrected chi connectivity index (χ3v) is 8.90. The minimum absolute atomic E-state index is 0.140. The number of rotatable bonds is 26. The van der Waals surface area contributed by atoms with Crippen molar-refractivity contribution < 1.29 is 52.7 Å². The molecule has 0 radical (unpaired) electrons. The minimum atomic E-state index is -1.47. The molecule has 0 aliphatic rings. The molecule has 0 aromatic carbocycles. The van der Waals surface area contributed by atoms with E-state index in [1.54, 1.807) is 27.7 Å². The van der Waals surface area contributed by atoms with Gasteiger partial charge in [-0.3, -0.25) is 38.4 Å². The largest absolute Gasteiger partial charge is 0.391 e. The summed E-state index contributed by atoms with van der Waals surface area (Å²) in [7, 11) is 6.13. The van der Waals surface area contributed by atoms with Crippen molar-refractivity contribution in [1.29, 1.82) is 0 Å². The molecule has 57 heavy (non-hydrogen) atoms. The predicted octanol–water partition coefficient (Wildman–Crippen LogP) is -1.73. The molecule has 9 N–H and O–H groups in total. The Labute approximate surface area is 337 Å². The molecule has 0 aliphatic heterocycles. The fourth-order valence-electron chi connectivity index (χ4n) is 5.51. The number of aliphatic hydroxyl groups excluding tert-OH is 1. The number of hydrogen-bond acceptors (Lipinski definition) is 10. The first kappa shape index (κ1) is 52.3. The third kappa shape index (κ3) is 20.4. The number of amides is 8. The maximum Gasteiger partial charge on any atom is 0.245 e. The number of nitrogens with one attached hydrogen (secondary N) is 8. The molecule has 326 valence electrons. The molecule has 0 unspecified atom stereocenters. The van der Waals surface area contributed by atoms with Crippen LogP contribution in [0, 0.1) is 5.92 Å². The van der Waals surface area contributed by atoms with Crippen LogP contribution < -0.4 is 42.5 Å². The van der Waals surface area contributed by atoms with E-state index < -0.39 is 108 Å². The summed E-state index contributed by atoms with van der Waals surface area (Å²) in [4.78, 5) is 115. The number of unbranched alkanes of at least 4 members (excludes halogenated alkanes) is 1. The number of aliphatic hydroxyl groups is 1. The number of nitrogens with zero attached hydrogens (tertiary/aromatic N) is 1. The van der Waals surface area contributed by atoms with Crippen LogP contribution in [-0.4, -0.2) is 145 Å². The number of carbonyl (C=O) groups is 9. The Kier molecular flexibility index (Phi) is 23.5. The monoisotopic (exact) mass is 813 g/mol. The van der Waals surface area contributed by atoms with Crippen LogP contribution in [0.3, 0.4) is 0 Å². The Morgan fingerprint density at radius 2 is 1.02 bits per heavy atom. The standard InChI is InChI=1S/C38H69N9O10/c1-13-17-28(44-38(57)31(25(8)49)46-33(52)23(6)40-26(9)50)36(55)45-30(21(3)4)37(56)41-24(7)32(51)42-27(14-2)34(53)43-29(35(54)39-22(5)20-48)18-15-16-19-47(10,11)12/h20-25,27-31,49H,13-19H2,1-12H3,(H7-,39,40,41,42,43,44,45,46,50,51,52,53,54,55,56,57)/p+1/t22-,23-,24-,25+,27-,28-,29-,30-,31-/m0/s1. The van der Waals surface area contributed by atoms with E-state index in [0.717, 1.165) is 17.4 Å². The van der Waals surface area contributed by atoms with E-state index in [2.05, 4.69) is 42.5 Å². The molecule has 0 rings (SSSR count). The van der Waals surface area contributed by atoms with Crippen LogP contribution in [0.2, 0.25) is 0 Å². The van der Waals surface area contributed by atoms with E-state index in [9.17, 15) is 48.3 Å².